The van der Waals surface area contributed by atoms with Gasteiger partial charge in [-0.1, -0.05) is 60.3 Å². The van der Waals surface area contributed by atoms with Crippen LogP contribution in [-0.4, -0.2) is 26.8 Å². The molecule has 2 heterocycles. The minimum atomic E-state index is -0.662. The number of aryl methyl sites for hydroxylation is 1. The first-order chi connectivity index (χ1) is 14.1. The number of fused-ring (bicyclic) bond motifs is 3. The van der Waals surface area contributed by atoms with Gasteiger partial charge in [-0.25, -0.2) is 0 Å². The summed E-state index contributed by atoms with van der Waals surface area (Å²) in [5.74, 6) is 0.890. The second-order valence-electron chi connectivity index (χ2n) is 6.58. The summed E-state index contributed by atoms with van der Waals surface area (Å²) in [7, 11) is 0. The van der Waals surface area contributed by atoms with Gasteiger partial charge in [-0.2, -0.15) is 4.98 Å². The number of carbonyl (C=O) groups excluding carboxylic acids is 1. The van der Waals surface area contributed by atoms with Crippen LogP contribution < -0.4 is 9.64 Å². The monoisotopic (exact) mass is 404 g/mol. The zero-order valence-corrected chi connectivity index (χ0v) is 17.0. The number of ether oxygens (including phenoxy) is 1. The van der Waals surface area contributed by atoms with E-state index < -0.39 is 6.23 Å². The van der Waals surface area contributed by atoms with E-state index in [-0.39, 0.29) is 5.91 Å². The average molecular weight is 404 g/mol. The van der Waals surface area contributed by atoms with Crippen molar-refractivity contribution in [3.63, 3.8) is 0 Å². The number of rotatable bonds is 4. The summed E-state index contributed by atoms with van der Waals surface area (Å²) < 4.78 is 6.35. The standard InChI is InChI=1S/C22H20N4O2S/c1-4-13-29-22-23-20-19(24-25-22)17-11-7-8-12-18(17)26(15(3)27)21(28-20)16-10-6-5-9-14(16)2/h4-12,21H,1,13H2,2-3H3/t21-/m1/s1. The molecule has 1 atom stereocenters. The molecule has 6 nitrogen and oxygen atoms in total. The van der Waals surface area contributed by atoms with Gasteiger partial charge in [-0.05, 0) is 18.6 Å². The highest BCUT2D eigenvalue weighted by molar-refractivity contribution is 7.99. The second-order valence-corrected chi connectivity index (χ2v) is 7.57. The van der Waals surface area contributed by atoms with Gasteiger partial charge in [-0.3, -0.25) is 9.69 Å². The normalized spacial score (nSPS) is 15.0. The van der Waals surface area contributed by atoms with Gasteiger partial charge in [0.15, 0.2) is 5.69 Å². The van der Waals surface area contributed by atoms with E-state index in [1.807, 2.05) is 55.5 Å². The van der Waals surface area contributed by atoms with Gasteiger partial charge in [-0.15, -0.1) is 16.8 Å². The first-order valence-corrected chi connectivity index (χ1v) is 10.2. The molecule has 1 aliphatic heterocycles. The van der Waals surface area contributed by atoms with Gasteiger partial charge in [0.25, 0.3) is 0 Å². The molecule has 0 saturated heterocycles. The predicted octanol–water partition coefficient (Wildman–Crippen LogP) is 4.57. The van der Waals surface area contributed by atoms with Crippen LogP contribution in [0.4, 0.5) is 5.69 Å². The Morgan fingerprint density at radius 1 is 1.21 bits per heavy atom. The fourth-order valence-corrected chi connectivity index (χ4v) is 3.83. The van der Waals surface area contributed by atoms with Crippen LogP contribution in [0, 0.1) is 6.92 Å². The van der Waals surface area contributed by atoms with Crippen LogP contribution in [0.15, 0.2) is 66.3 Å². The largest absolute Gasteiger partial charge is 0.447 e. The summed E-state index contributed by atoms with van der Waals surface area (Å²) >= 11 is 1.43. The second kappa shape index (κ2) is 8.05. The number of nitrogens with zero attached hydrogens (tertiary/aromatic N) is 4. The molecule has 2 aromatic carbocycles. The summed E-state index contributed by atoms with van der Waals surface area (Å²) in [6.07, 6.45) is 1.12. The Morgan fingerprint density at radius 3 is 2.72 bits per heavy atom. The smallest absolute Gasteiger partial charge is 0.247 e. The molecule has 1 aromatic heterocycles. The highest BCUT2D eigenvalue weighted by Gasteiger charge is 2.35. The van der Waals surface area contributed by atoms with E-state index in [0.29, 0.717) is 22.5 Å². The SMILES string of the molecule is C=CCSc1nnc2c(n1)O[C@H](c1ccccc1C)N(C(C)=O)c1ccccc1-2. The molecular weight excluding hydrogens is 384 g/mol. The van der Waals surface area contributed by atoms with E-state index in [4.69, 9.17) is 4.74 Å². The van der Waals surface area contributed by atoms with E-state index in [2.05, 4.69) is 21.8 Å². The lowest BCUT2D eigenvalue weighted by atomic mass is 10.0. The Morgan fingerprint density at radius 2 is 1.97 bits per heavy atom. The summed E-state index contributed by atoms with van der Waals surface area (Å²) in [6, 6.07) is 15.4. The van der Waals surface area contributed by atoms with Gasteiger partial charge in [0.05, 0.1) is 5.69 Å². The molecular formula is C22H20N4O2S. The number of hydrogen-bond donors (Lipinski definition) is 0. The molecule has 1 aliphatic rings. The summed E-state index contributed by atoms with van der Waals surface area (Å²) in [4.78, 5) is 19.0. The van der Waals surface area contributed by atoms with Crippen LogP contribution >= 0.6 is 11.8 Å². The Balaban J connectivity index is 1.93. The van der Waals surface area contributed by atoms with Crippen LogP contribution in [0.5, 0.6) is 5.88 Å². The quantitative estimate of drug-likeness (QED) is 0.469. The summed E-state index contributed by atoms with van der Waals surface area (Å²) in [5, 5.41) is 9.11. The molecule has 3 aromatic rings. The number of thioether (sulfide) groups is 1. The van der Waals surface area contributed by atoms with Gasteiger partial charge >= 0.3 is 0 Å². The van der Waals surface area contributed by atoms with E-state index in [1.54, 1.807) is 11.0 Å². The van der Waals surface area contributed by atoms with Crippen molar-refractivity contribution in [3.05, 3.63) is 72.3 Å². The van der Waals surface area contributed by atoms with Crippen LogP contribution in [-0.2, 0) is 4.79 Å². The fourth-order valence-electron chi connectivity index (χ4n) is 3.31. The Labute approximate surface area is 173 Å². The molecule has 0 unspecified atom stereocenters. The lowest BCUT2D eigenvalue weighted by Gasteiger charge is -2.30. The van der Waals surface area contributed by atoms with Crippen molar-refractivity contribution in [2.45, 2.75) is 25.2 Å². The molecule has 29 heavy (non-hydrogen) atoms. The highest BCUT2D eigenvalue weighted by atomic mass is 32.2. The maximum absolute atomic E-state index is 12.7. The third-order valence-electron chi connectivity index (χ3n) is 4.64. The number of hydrogen-bond acceptors (Lipinski definition) is 6. The molecule has 0 fully saturated rings. The molecule has 4 rings (SSSR count). The van der Waals surface area contributed by atoms with Crippen LogP contribution in [0.2, 0.25) is 0 Å². The number of aromatic nitrogens is 3. The number of amides is 1. The van der Waals surface area contributed by atoms with Crippen molar-refractivity contribution in [2.75, 3.05) is 10.7 Å². The Bertz CT molecular complexity index is 1090. The van der Waals surface area contributed by atoms with E-state index in [9.17, 15) is 4.79 Å². The fraction of sp³-hybridized carbons (Fsp3) is 0.182. The van der Waals surface area contributed by atoms with Crippen molar-refractivity contribution < 1.29 is 9.53 Å². The number of anilines is 1. The molecule has 0 bridgehead atoms. The molecule has 1 amide bonds. The van der Waals surface area contributed by atoms with E-state index in [0.717, 1.165) is 22.4 Å². The molecule has 0 aliphatic carbocycles. The van der Waals surface area contributed by atoms with Crippen molar-refractivity contribution in [2.24, 2.45) is 0 Å². The average Bonchev–Trinajstić information content (AvgIpc) is 2.86. The first kappa shape index (κ1) is 19.1. The Kier molecular flexibility index (Phi) is 5.31. The van der Waals surface area contributed by atoms with Gasteiger partial charge in [0.1, 0.15) is 0 Å². The third kappa shape index (κ3) is 3.61. The minimum absolute atomic E-state index is 0.132. The predicted molar refractivity (Wildman–Crippen MR) is 114 cm³/mol. The zero-order valence-electron chi connectivity index (χ0n) is 16.2. The molecule has 0 radical (unpaired) electrons. The van der Waals surface area contributed by atoms with Crippen molar-refractivity contribution in [1.82, 2.24) is 15.2 Å². The summed E-state index contributed by atoms with van der Waals surface area (Å²) in [6.45, 7) is 7.26. The van der Waals surface area contributed by atoms with Crippen molar-refractivity contribution in [1.29, 1.82) is 0 Å². The van der Waals surface area contributed by atoms with Crippen molar-refractivity contribution in [3.8, 4) is 17.1 Å². The Hall–Kier alpha value is -3.19. The molecule has 0 spiro atoms. The van der Waals surface area contributed by atoms with E-state index >= 15 is 0 Å². The molecule has 146 valence electrons. The molecule has 7 heteroatoms. The van der Waals surface area contributed by atoms with Gasteiger partial charge in [0, 0.05) is 23.8 Å². The maximum atomic E-state index is 12.7. The number of para-hydroxylation sites is 1. The zero-order chi connectivity index (χ0) is 20.4. The van der Waals surface area contributed by atoms with Gasteiger partial charge < -0.3 is 4.74 Å². The van der Waals surface area contributed by atoms with E-state index in [1.165, 1.54) is 18.7 Å². The lowest BCUT2D eigenvalue weighted by molar-refractivity contribution is -0.118. The van der Waals surface area contributed by atoms with Crippen LogP contribution in [0.25, 0.3) is 11.3 Å². The molecule has 0 saturated carbocycles. The van der Waals surface area contributed by atoms with Crippen molar-refractivity contribution >= 4 is 23.4 Å². The first-order valence-electron chi connectivity index (χ1n) is 9.20. The summed E-state index contributed by atoms with van der Waals surface area (Å²) in [5.41, 5.74) is 3.91. The topological polar surface area (TPSA) is 68.2 Å². The number of carbonyl (C=O) groups is 1. The van der Waals surface area contributed by atoms with Crippen LogP contribution in [0.3, 0.4) is 0 Å². The lowest BCUT2D eigenvalue weighted by Crippen LogP contribution is -2.36. The minimum Gasteiger partial charge on any atom is -0.447 e. The third-order valence-corrected chi connectivity index (χ3v) is 5.47. The van der Waals surface area contributed by atoms with Crippen LogP contribution in [0.1, 0.15) is 24.3 Å². The number of benzene rings is 2. The maximum Gasteiger partial charge on any atom is 0.247 e. The molecule has 0 N–H and O–H groups in total. The highest BCUT2D eigenvalue weighted by Crippen LogP contribution is 2.43. The van der Waals surface area contributed by atoms with Gasteiger partial charge in [0.2, 0.25) is 23.2 Å².